The molecule has 0 bridgehead atoms. The van der Waals surface area contributed by atoms with Crippen LogP contribution in [-0.4, -0.2) is 22.2 Å². The summed E-state index contributed by atoms with van der Waals surface area (Å²) in [7, 11) is 0. The molecule has 0 saturated heterocycles. The molecule has 0 aliphatic carbocycles. The van der Waals surface area contributed by atoms with E-state index in [9.17, 15) is 23.3 Å². The van der Waals surface area contributed by atoms with Gasteiger partial charge in [-0.25, -0.2) is 0 Å². The van der Waals surface area contributed by atoms with E-state index >= 15 is 0 Å². The summed E-state index contributed by atoms with van der Waals surface area (Å²) in [6.45, 7) is 2.63. The van der Waals surface area contributed by atoms with E-state index in [1.807, 2.05) is 0 Å². The van der Waals surface area contributed by atoms with Gasteiger partial charge in [0, 0.05) is 17.8 Å². The van der Waals surface area contributed by atoms with Crippen LogP contribution in [0.4, 0.5) is 24.5 Å². The highest BCUT2D eigenvalue weighted by Crippen LogP contribution is 2.37. The molecule has 0 fully saturated rings. The number of anilines is 1. The zero-order valence-corrected chi connectivity index (χ0v) is 10.3. The zero-order valence-electron chi connectivity index (χ0n) is 10.3. The maximum Gasteiger partial charge on any atom is 0.418 e. The van der Waals surface area contributed by atoms with Crippen LogP contribution < -0.4 is 5.32 Å². The predicted octanol–water partition coefficient (Wildman–Crippen LogP) is 2.80. The number of nitrogens with zero attached hydrogens (tertiary/aromatic N) is 1. The van der Waals surface area contributed by atoms with Gasteiger partial charge >= 0.3 is 6.18 Å². The number of rotatable bonds is 4. The van der Waals surface area contributed by atoms with Gasteiger partial charge in [0.2, 0.25) is 0 Å². The van der Waals surface area contributed by atoms with Gasteiger partial charge in [-0.05, 0) is 19.9 Å². The minimum absolute atomic E-state index is 0.308. The molecule has 106 valence electrons. The Kier molecular flexibility index (Phi) is 4.04. The fourth-order valence-electron chi connectivity index (χ4n) is 1.39. The average molecular weight is 278 g/mol. The number of aliphatic hydroxyl groups is 1. The molecular formula is C11H13F3N2O3. The van der Waals surface area contributed by atoms with Crippen LogP contribution in [0, 0.1) is 10.1 Å². The number of alkyl halides is 3. The normalized spacial score (nSPS) is 12.3. The van der Waals surface area contributed by atoms with Gasteiger partial charge < -0.3 is 10.4 Å². The second-order valence-corrected chi connectivity index (χ2v) is 4.65. The van der Waals surface area contributed by atoms with Gasteiger partial charge in [-0.1, -0.05) is 0 Å². The summed E-state index contributed by atoms with van der Waals surface area (Å²) in [5.74, 6) is 0. The Morgan fingerprint density at radius 3 is 2.37 bits per heavy atom. The van der Waals surface area contributed by atoms with Crippen LogP contribution in [0.2, 0.25) is 0 Å². The first-order valence-electron chi connectivity index (χ1n) is 5.31. The highest BCUT2D eigenvalue weighted by atomic mass is 19.4. The molecule has 0 saturated carbocycles. The monoisotopic (exact) mass is 278 g/mol. The highest BCUT2D eigenvalue weighted by Gasteiger charge is 2.36. The summed E-state index contributed by atoms with van der Waals surface area (Å²) in [6.07, 6.45) is -4.72. The Hall–Kier alpha value is -1.83. The van der Waals surface area contributed by atoms with E-state index < -0.39 is 27.9 Å². The molecule has 0 aliphatic heterocycles. The Morgan fingerprint density at radius 1 is 1.37 bits per heavy atom. The molecule has 0 heterocycles. The molecule has 0 aliphatic rings. The van der Waals surface area contributed by atoms with Crippen molar-refractivity contribution >= 4 is 11.4 Å². The third-order valence-corrected chi connectivity index (χ3v) is 2.39. The van der Waals surface area contributed by atoms with Crippen molar-refractivity contribution in [2.24, 2.45) is 0 Å². The van der Waals surface area contributed by atoms with Gasteiger partial charge in [-0.2, -0.15) is 13.2 Å². The molecule has 0 unspecified atom stereocenters. The lowest BCUT2D eigenvalue weighted by Gasteiger charge is -2.26. The lowest BCUT2D eigenvalue weighted by atomic mass is 10.0. The molecular weight excluding hydrogens is 265 g/mol. The lowest BCUT2D eigenvalue weighted by molar-refractivity contribution is -0.385. The minimum atomic E-state index is -4.72. The molecule has 2 N–H and O–H groups in total. The second-order valence-electron chi connectivity index (χ2n) is 4.65. The molecule has 1 aromatic rings. The third kappa shape index (κ3) is 3.82. The van der Waals surface area contributed by atoms with Crippen LogP contribution in [0.1, 0.15) is 19.4 Å². The van der Waals surface area contributed by atoms with E-state index in [-0.39, 0.29) is 12.3 Å². The summed E-state index contributed by atoms with van der Waals surface area (Å²) < 4.78 is 38.5. The van der Waals surface area contributed by atoms with E-state index in [2.05, 4.69) is 5.32 Å². The molecule has 0 atom stereocenters. The summed E-state index contributed by atoms with van der Waals surface area (Å²) >= 11 is 0. The van der Waals surface area contributed by atoms with Crippen molar-refractivity contribution in [1.29, 1.82) is 0 Å². The van der Waals surface area contributed by atoms with Gasteiger partial charge in [-0.3, -0.25) is 10.1 Å². The maximum atomic E-state index is 12.8. The standard InChI is InChI=1S/C11H13F3N2O3/c1-10(2,6-17)15-9-4-3-7(16(18)19)5-8(9)11(12,13)14/h3-5,15,17H,6H2,1-2H3. The van der Waals surface area contributed by atoms with E-state index in [1.165, 1.54) is 13.8 Å². The molecule has 1 aromatic carbocycles. The van der Waals surface area contributed by atoms with Crippen molar-refractivity contribution in [3.63, 3.8) is 0 Å². The Balaban J connectivity index is 3.28. The van der Waals surface area contributed by atoms with Crippen molar-refractivity contribution in [3.05, 3.63) is 33.9 Å². The quantitative estimate of drug-likeness (QED) is 0.656. The van der Waals surface area contributed by atoms with Crippen LogP contribution in [-0.2, 0) is 6.18 Å². The summed E-state index contributed by atoms with van der Waals surface area (Å²) in [5.41, 5.74) is -3.06. The Labute approximate surface area is 107 Å². The number of nitrogens with one attached hydrogen (secondary N) is 1. The number of aliphatic hydroxyl groups excluding tert-OH is 1. The van der Waals surface area contributed by atoms with Gasteiger partial charge in [0.05, 0.1) is 22.6 Å². The first kappa shape index (κ1) is 15.2. The number of benzene rings is 1. The highest BCUT2D eigenvalue weighted by molar-refractivity contribution is 5.58. The fraction of sp³-hybridized carbons (Fsp3) is 0.455. The first-order valence-corrected chi connectivity index (χ1v) is 5.31. The van der Waals surface area contributed by atoms with Crippen LogP contribution in [0.5, 0.6) is 0 Å². The molecule has 0 spiro atoms. The average Bonchev–Trinajstić information content (AvgIpc) is 2.27. The summed E-state index contributed by atoms with van der Waals surface area (Å²) in [4.78, 5) is 9.62. The Morgan fingerprint density at radius 2 is 1.95 bits per heavy atom. The molecule has 0 amide bonds. The van der Waals surface area contributed by atoms with Crippen LogP contribution in [0.15, 0.2) is 18.2 Å². The summed E-state index contributed by atoms with van der Waals surface area (Å²) in [5, 5.41) is 22.1. The van der Waals surface area contributed by atoms with E-state index in [0.717, 1.165) is 12.1 Å². The predicted molar refractivity (Wildman–Crippen MR) is 62.9 cm³/mol. The molecule has 8 heteroatoms. The fourth-order valence-corrected chi connectivity index (χ4v) is 1.39. The number of nitro benzene ring substituents is 1. The number of halogens is 3. The maximum absolute atomic E-state index is 12.8. The van der Waals surface area contributed by atoms with E-state index in [1.54, 1.807) is 0 Å². The molecule has 0 radical (unpaired) electrons. The molecule has 5 nitrogen and oxygen atoms in total. The third-order valence-electron chi connectivity index (χ3n) is 2.39. The van der Waals surface area contributed by atoms with Gasteiger partial charge in [0.25, 0.3) is 5.69 Å². The largest absolute Gasteiger partial charge is 0.418 e. The zero-order chi connectivity index (χ0) is 14.8. The van der Waals surface area contributed by atoms with Crippen molar-refractivity contribution in [2.75, 3.05) is 11.9 Å². The van der Waals surface area contributed by atoms with Gasteiger partial charge in [0.1, 0.15) is 0 Å². The number of nitro groups is 1. The first-order chi connectivity index (χ1) is 8.57. The smallest absolute Gasteiger partial charge is 0.394 e. The molecule has 0 aromatic heterocycles. The molecule has 1 rings (SSSR count). The van der Waals surface area contributed by atoms with Crippen molar-refractivity contribution in [2.45, 2.75) is 25.6 Å². The second kappa shape index (κ2) is 5.04. The summed E-state index contributed by atoms with van der Waals surface area (Å²) in [6, 6.07) is 2.43. The number of hydrogen-bond donors (Lipinski definition) is 2. The minimum Gasteiger partial charge on any atom is -0.394 e. The van der Waals surface area contributed by atoms with Crippen LogP contribution >= 0.6 is 0 Å². The van der Waals surface area contributed by atoms with E-state index in [0.29, 0.717) is 6.07 Å². The lowest BCUT2D eigenvalue weighted by Crippen LogP contribution is -2.35. The van der Waals surface area contributed by atoms with Gasteiger partial charge in [-0.15, -0.1) is 0 Å². The SMILES string of the molecule is CC(C)(CO)Nc1ccc([N+](=O)[O-])cc1C(F)(F)F. The number of non-ortho nitro benzene ring substituents is 1. The van der Waals surface area contributed by atoms with Crippen LogP contribution in [0.3, 0.4) is 0 Å². The number of hydrogen-bond acceptors (Lipinski definition) is 4. The van der Waals surface area contributed by atoms with Crippen molar-refractivity contribution in [3.8, 4) is 0 Å². The molecule has 19 heavy (non-hydrogen) atoms. The van der Waals surface area contributed by atoms with Crippen molar-refractivity contribution in [1.82, 2.24) is 0 Å². The van der Waals surface area contributed by atoms with Crippen molar-refractivity contribution < 1.29 is 23.2 Å². The Bertz CT molecular complexity index is 487. The van der Waals surface area contributed by atoms with Crippen LogP contribution in [0.25, 0.3) is 0 Å². The van der Waals surface area contributed by atoms with E-state index in [4.69, 9.17) is 5.11 Å². The topological polar surface area (TPSA) is 75.4 Å². The van der Waals surface area contributed by atoms with Gasteiger partial charge in [0.15, 0.2) is 0 Å².